The molecule has 6 nitrogen and oxygen atoms in total. The van der Waals surface area contributed by atoms with Gasteiger partial charge in [-0.25, -0.2) is 0 Å². The lowest BCUT2D eigenvalue weighted by atomic mass is 10.1. The van der Waals surface area contributed by atoms with Gasteiger partial charge in [-0.3, -0.25) is 9.36 Å². The van der Waals surface area contributed by atoms with Crippen molar-refractivity contribution in [3.8, 4) is 22.8 Å². The van der Waals surface area contributed by atoms with E-state index in [0.29, 0.717) is 21.8 Å². The molecule has 8 heteroatoms. The van der Waals surface area contributed by atoms with Crippen LogP contribution >= 0.6 is 23.4 Å². The van der Waals surface area contributed by atoms with E-state index < -0.39 is 5.25 Å². The maximum Gasteiger partial charge on any atom is 0.237 e. The zero-order valence-electron chi connectivity index (χ0n) is 19.4. The Hall–Kier alpha value is -3.29. The first kappa shape index (κ1) is 23.9. The Morgan fingerprint density at radius 1 is 1.06 bits per heavy atom. The minimum atomic E-state index is -0.416. The number of ether oxygens (including phenoxy) is 1. The van der Waals surface area contributed by atoms with Gasteiger partial charge < -0.3 is 10.1 Å². The normalized spacial score (nSPS) is 11.8. The molecule has 1 amide bonds. The molecule has 0 aliphatic carbocycles. The van der Waals surface area contributed by atoms with Crippen molar-refractivity contribution in [2.45, 2.75) is 31.2 Å². The van der Waals surface area contributed by atoms with E-state index in [1.165, 1.54) is 11.8 Å². The molecular weight excluding hydrogens is 468 g/mol. The molecule has 0 fully saturated rings. The van der Waals surface area contributed by atoms with E-state index in [9.17, 15) is 4.79 Å². The molecule has 0 radical (unpaired) electrons. The van der Waals surface area contributed by atoms with E-state index in [1.807, 2.05) is 92.1 Å². The molecule has 1 unspecified atom stereocenters. The predicted molar refractivity (Wildman–Crippen MR) is 138 cm³/mol. The van der Waals surface area contributed by atoms with Crippen molar-refractivity contribution in [1.29, 1.82) is 0 Å². The van der Waals surface area contributed by atoms with Crippen molar-refractivity contribution in [3.05, 3.63) is 82.9 Å². The number of aromatic nitrogens is 3. The highest BCUT2D eigenvalue weighted by atomic mass is 35.5. The number of rotatable bonds is 7. The number of thioether (sulfide) groups is 1. The molecule has 3 aromatic carbocycles. The molecule has 34 heavy (non-hydrogen) atoms. The first-order valence-electron chi connectivity index (χ1n) is 10.8. The molecule has 0 spiro atoms. The summed E-state index contributed by atoms with van der Waals surface area (Å²) in [6.45, 7) is 5.83. The number of benzene rings is 3. The average molecular weight is 493 g/mol. The molecule has 0 bridgehead atoms. The predicted octanol–water partition coefficient (Wildman–Crippen LogP) is 6.33. The van der Waals surface area contributed by atoms with Crippen LogP contribution in [0.4, 0.5) is 5.69 Å². The maximum absolute atomic E-state index is 13.0. The number of anilines is 1. The van der Waals surface area contributed by atoms with Crippen molar-refractivity contribution in [2.24, 2.45) is 0 Å². The van der Waals surface area contributed by atoms with Crippen molar-refractivity contribution in [3.63, 3.8) is 0 Å². The van der Waals surface area contributed by atoms with Crippen LogP contribution in [-0.2, 0) is 4.79 Å². The van der Waals surface area contributed by atoms with Crippen LogP contribution in [0.5, 0.6) is 5.75 Å². The molecule has 0 saturated heterocycles. The fourth-order valence-corrected chi connectivity index (χ4v) is 4.48. The Balaban J connectivity index is 1.69. The quantitative estimate of drug-likeness (QED) is 0.305. The van der Waals surface area contributed by atoms with E-state index >= 15 is 0 Å². The van der Waals surface area contributed by atoms with Crippen LogP contribution in [0.15, 0.2) is 71.9 Å². The third-order valence-electron chi connectivity index (χ3n) is 5.37. The first-order chi connectivity index (χ1) is 16.4. The number of nitrogens with zero attached hydrogens (tertiary/aromatic N) is 3. The smallest absolute Gasteiger partial charge is 0.237 e. The molecule has 1 atom stereocenters. The van der Waals surface area contributed by atoms with Gasteiger partial charge in [0.1, 0.15) is 5.75 Å². The van der Waals surface area contributed by atoms with Crippen LogP contribution in [0.2, 0.25) is 5.02 Å². The number of carbonyl (C=O) groups excluding carboxylic acids is 1. The molecule has 1 aromatic heterocycles. The Bertz CT molecular complexity index is 1320. The van der Waals surface area contributed by atoms with Crippen LogP contribution in [0.3, 0.4) is 0 Å². The van der Waals surface area contributed by atoms with Crippen molar-refractivity contribution in [1.82, 2.24) is 14.8 Å². The zero-order chi connectivity index (χ0) is 24.2. The second-order valence-electron chi connectivity index (χ2n) is 7.89. The summed E-state index contributed by atoms with van der Waals surface area (Å²) in [6, 6.07) is 21.1. The number of hydrogen-bond donors (Lipinski definition) is 1. The molecule has 4 aromatic rings. The summed E-state index contributed by atoms with van der Waals surface area (Å²) >= 11 is 7.46. The average Bonchev–Trinajstić information content (AvgIpc) is 3.25. The Labute approximate surface area is 208 Å². The molecule has 0 aliphatic rings. The summed E-state index contributed by atoms with van der Waals surface area (Å²) in [6.07, 6.45) is 0. The number of aryl methyl sites for hydroxylation is 2. The van der Waals surface area contributed by atoms with Crippen LogP contribution in [-0.4, -0.2) is 33.0 Å². The highest BCUT2D eigenvalue weighted by molar-refractivity contribution is 8.00. The van der Waals surface area contributed by atoms with Gasteiger partial charge in [0.15, 0.2) is 11.0 Å². The van der Waals surface area contributed by atoms with Crippen LogP contribution < -0.4 is 10.1 Å². The molecule has 0 saturated carbocycles. The summed E-state index contributed by atoms with van der Waals surface area (Å²) in [7, 11) is 1.62. The SMILES string of the molecule is COc1ccccc1-c1nnc(SC(C)C(=O)Nc2cc(C)ccc2C)n1-c1ccc(Cl)cc1. The van der Waals surface area contributed by atoms with Crippen molar-refractivity contribution < 1.29 is 9.53 Å². The molecular formula is C26H25ClN4O2S. The minimum Gasteiger partial charge on any atom is -0.496 e. The van der Waals surface area contributed by atoms with Gasteiger partial charge in [0, 0.05) is 16.4 Å². The summed E-state index contributed by atoms with van der Waals surface area (Å²) in [5.74, 6) is 1.19. The van der Waals surface area contributed by atoms with E-state index in [-0.39, 0.29) is 5.91 Å². The van der Waals surface area contributed by atoms with Gasteiger partial charge in [-0.15, -0.1) is 10.2 Å². The van der Waals surface area contributed by atoms with Gasteiger partial charge >= 0.3 is 0 Å². The van der Waals surface area contributed by atoms with Gasteiger partial charge in [0.2, 0.25) is 5.91 Å². The fraction of sp³-hybridized carbons (Fsp3) is 0.192. The number of hydrogen-bond acceptors (Lipinski definition) is 5. The highest BCUT2D eigenvalue weighted by Crippen LogP contribution is 2.35. The van der Waals surface area contributed by atoms with Crippen LogP contribution in [0, 0.1) is 13.8 Å². The number of methoxy groups -OCH3 is 1. The lowest BCUT2D eigenvalue weighted by Crippen LogP contribution is -2.23. The van der Waals surface area contributed by atoms with E-state index in [0.717, 1.165) is 28.1 Å². The summed E-state index contributed by atoms with van der Waals surface area (Å²) in [4.78, 5) is 13.0. The lowest BCUT2D eigenvalue weighted by molar-refractivity contribution is -0.115. The molecule has 1 heterocycles. The minimum absolute atomic E-state index is 0.108. The third-order valence-corrected chi connectivity index (χ3v) is 6.66. The first-order valence-corrected chi connectivity index (χ1v) is 12.0. The van der Waals surface area contributed by atoms with Gasteiger partial charge in [-0.1, -0.05) is 47.6 Å². The lowest BCUT2D eigenvalue weighted by Gasteiger charge is -2.16. The molecule has 0 aliphatic heterocycles. The van der Waals surface area contributed by atoms with Crippen LogP contribution in [0.25, 0.3) is 17.1 Å². The van der Waals surface area contributed by atoms with Crippen LogP contribution in [0.1, 0.15) is 18.1 Å². The highest BCUT2D eigenvalue weighted by Gasteiger charge is 2.23. The largest absolute Gasteiger partial charge is 0.496 e. The monoisotopic (exact) mass is 492 g/mol. The van der Waals surface area contributed by atoms with Crippen molar-refractivity contribution >= 4 is 35.0 Å². The second kappa shape index (κ2) is 10.3. The summed E-state index contributed by atoms with van der Waals surface area (Å²) in [5, 5.41) is 12.7. The van der Waals surface area contributed by atoms with Crippen molar-refractivity contribution in [2.75, 3.05) is 12.4 Å². The summed E-state index contributed by atoms with van der Waals surface area (Å²) in [5.41, 5.74) is 4.54. The van der Waals surface area contributed by atoms with Gasteiger partial charge in [0.05, 0.1) is 17.9 Å². The van der Waals surface area contributed by atoms with E-state index in [4.69, 9.17) is 16.3 Å². The van der Waals surface area contributed by atoms with Gasteiger partial charge in [-0.05, 0) is 74.4 Å². The molecule has 1 N–H and O–H groups in total. The van der Waals surface area contributed by atoms with E-state index in [2.05, 4.69) is 15.5 Å². The standard InChI is InChI=1S/C26H25ClN4O2S/c1-16-9-10-17(2)22(15-16)28-25(32)18(3)34-26-30-29-24(21-7-5-6-8-23(21)33-4)31(26)20-13-11-19(27)12-14-20/h5-15,18H,1-4H3,(H,28,32). The molecule has 174 valence electrons. The van der Waals surface area contributed by atoms with E-state index in [1.54, 1.807) is 7.11 Å². The fourth-order valence-electron chi connectivity index (χ4n) is 3.49. The van der Waals surface area contributed by atoms with Gasteiger partial charge in [0.25, 0.3) is 0 Å². The maximum atomic E-state index is 13.0. The third kappa shape index (κ3) is 5.11. The zero-order valence-corrected chi connectivity index (χ0v) is 20.9. The number of carbonyl (C=O) groups is 1. The number of halogens is 1. The number of nitrogens with one attached hydrogen (secondary N) is 1. The topological polar surface area (TPSA) is 69.0 Å². The summed E-state index contributed by atoms with van der Waals surface area (Å²) < 4.78 is 7.47. The number of para-hydroxylation sites is 1. The second-order valence-corrected chi connectivity index (χ2v) is 9.63. The Morgan fingerprint density at radius 2 is 1.79 bits per heavy atom. The molecule has 4 rings (SSSR count). The Kier molecular flexibility index (Phi) is 7.24. The Morgan fingerprint density at radius 3 is 2.53 bits per heavy atom. The van der Waals surface area contributed by atoms with Gasteiger partial charge in [-0.2, -0.15) is 0 Å². The number of amides is 1.